The molecule has 0 spiro atoms. The summed E-state index contributed by atoms with van der Waals surface area (Å²) in [4.78, 5) is 0. The van der Waals surface area contributed by atoms with Gasteiger partial charge >= 0.3 is 24.3 Å². The summed E-state index contributed by atoms with van der Waals surface area (Å²) in [5.74, 6) is -5.26. The summed E-state index contributed by atoms with van der Waals surface area (Å²) < 4.78 is 114. The van der Waals surface area contributed by atoms with Crippen molar-refractivity contribution in [3.05, 3.63) is 0 Å². The Hall–Kier alpha value is 0.0200. The fourth-order valence-corrected chi connectivity index (χ4v) is 2.04. The molecule has 1 aliphatic heterocycles. The normalized spacial score (nSPS) is 29.7. The Labute approximate surface area is 107 Å². The van der Waals surface area contributed by atoms with Crippen LogP contribution in [-0.2, 0) is 9.47 Å². The molecule has 2 unspecified atom stereocenters. The second kappa shape index (κ2) is 4.26. The lowest BCUT2D eigenvalue weighted by molar-refractivity contribution is -0.448. The number of rotatable bonds is 0. The molecule has 1 aliphatic rings. The third kappa shape index (κ3) is 2.50. The first-order chi connectivity index (χ1) is 7.72. The zero-order chi connectivity index (χ0) is 14.6. The van der Waals surface area contributed by atoms with Crippen molar-refractivity contribution in [2.75, 3.05) is 0 Å². The van der Waals surface area contributed by atoms with Gasteiger partial charge in [0.1, 0.15) is 4.11 Å². The predicted molar refractivity (Wildman–Crippen MR) is 44.7 cm³/mol. The quantitative estimate of drug-likeness (QED) is 0.350. The highest BCUT2D eigenvalue weighted by Crippen LogP contribution is 2.54. The van der Waals surface area contributed by atoms with Crippen molar-refractivity contribution in [1.82, 2.24) is 0 Å². The van der Waals surface area contributed by atoms with Gasteiger partial charge in [0.25, 0.3) is 0 Å². The minimum atomic E-state index is -6.19. The van der Waals surface area contributed by atoms with Crippen LogP contribution in [0.5, 0.6) is 0 Å². The van der Waals surface area contributed by atoms with Crippen LogP contribution < -0.4 is 0 Å². The van der Waals surface area contributed by atoms with Crippen molar-refractivity contribution in [2.45, 2.75) is 34.5 Å². The van der Waals surface area contributed by atoms with E-state index < -0.39 is 34.5 Å². The summed E-state index contributed by atoms with van der Waals surface area (Å²) in [5.41, 5.74) is 0. The molecule has 2 nitrogen and oxygen atoms in total. The van der Waals surface area contributed by atoms with Crippen LogP contribution in [0, 0.1) is 0 Å². The Morgan fingerprint density at radius 3 is 1.33 bits per heavy atom. The molecule has 18 heavy (non-hydrogen) atoms. The minimum Gasteiger partial charge on any atom is -0.319 e. The van der Waals surface area contributed by atoms with E-state index in [4.69, 9.17) is 0 Å². The topological polar surface area (TPSA) is 18.5 Å². The maximum atomic E-state index is 12.3. The van der Waals surface area contributed by atoms with Crippen LogP contribution in [0.2, 0.25) is 0 Å². The fraction of sp³-hybridized carbons (Fsp3) is 1.00. The van der Waals surface area contributed by atoms with Gasteiger partial charge in [-0.2, -0.15) is 39.5 Å². The van der Waals surface area contributed by atoms with Crippen molar-refractivity contribution in [3.8, 4) is 0 Å². The predicted octanol–water partition coefficient (Wildman–Crippen LogP) is 3.55. The molecule has 0 saturated carbocycles. The molecule has 0 aliphatic carbocycles. The molecule has 2 atom stereocenters. The average Bonchev–Trinajstić information content (AvgIpc) is 2.40. The molecule has 0 N–H and O–H groups in total. The Bertz CT molecular complexity index is 304. The van der Waals surface area contributed by atoms with E-state index in [1.54, 1.807) is 0 Å². The van der Waals surface area contributed by atoms with Crippen LogP contribution in [0.15, 0.2) is 0 Å². The molecule has 108 valence electrons. The summed E-state index contributed by atoms with van der Waals surface area (Å²) >= 11 is 0.657. The molecule has 0 aromatic carbocycles. The molecular weight excluding hydrogens is 402 g/mol. The van der Waals surface area contributed by atoms with E-state index >= 15 is 0 Å². The van der Waals surface area contributed by atoms with Crippen LogP contribution in [0.4, 0.5) is 39.5 Å². The molecule has 0 radical (unpaired) electrons. The van der Waals surface area contributed by atoms with Crippen LogP contribution in [0.25, 0.3) is 0 Å². The Morgan fingerprint density at radius 2 is 1.17 bits per heavy atom. The number of hydrogen-bond donors (Lipinski definition) is 0. The number of alkyl halides is 10. The summed E-state index contributed by atoms with van der Waals surface area (Å²) in [6.45, 7) is 0. The van der Waals surface area contributed by atoms with Gasteiger partial charge in [-0.05, 0) is 22.6 Å². The van der Waals surface area contributed by atoms with Crippen LogP contribution in [0.3, 0.4) is 0 Å². The highest BCUT2D eigenvalue weighted by atomic mass is 127. The standard InChI is InChI=1S/C6H2F9IO2/c7-3(8,9)1-2(16)18-4(17-1,5(10,11)12)6(13,14)15/h1-2H. The first-order valence-corrected chi connectivity index (χ1v) is 5.17. The maximum absolute atomic E-state index is 12.3. The van der Waals surface area contributed by atoms with Crippen LogP contribution >= 0.6 is 22.6 Å². The first kappa shape index (κ1) is 16.1. The Balaban J connectivity index is 3.21. The van der Waals surface area contributed by atoms with Crippen LogP contribution in [-0.4, -0.2) is 34.5 Å². The second-order valence-corrected chi connectivity index (χ2v) is 4.39. The molecule has 0 amide bonds. The van der Waals surface area contributed by atoms with E-state index in [1.807, 2.05) is 0 Å². The molecule has 1 rings (SSSR count). The molecule has 12 heteroatoms. The van der Waals surface area contributed by atoms with Gasteiger partial charge in [0.2, 0.25) is 0 Å². The maximum Gasteiger partial charge on any atom is 0.453 e. The summed E-state index contributed by atoms with van der Waals surface area (Å²) in [6, 6.07) is 0. The van der Waals surface area contributed by atoms with Gasteiger partial charge in [-0.3, -0.25) is 0 Å². The van der Waals surface area contributed by atoms with Crippen molar-refractivity contribution in [1.29, 1.82) is 0 Å². The van der Waals surface area contributed by atoms with Gasteiger partial charge in [0.15, 0.2) is 6.10 Å². The van der Waals surface area contributed by atoms with E-state index in [-0.39, 0.29) is 0 Å². The number of hydrogen-bond acceptors (Lipinski definition) is 2. The average molecular weight is 404 g/mol. The SMILES string of the molecule is FC(F)(F)C1OC(C(F)(F)F)(C(F)(F)F)OC1I. The lowest BCUT2D eigenvalue weighted by Gasteiger charge is -2.31. The van der Waals surface area contributed by atoms with Crippen molar-refractivity contribution >= 4 is 22.6 Å². The van der Waals surface area contributed by atoms with Crippen LogP contribution in [0.1, 0.15) is 0 Å². The van der Waals surface area contributed by atoms with E-state index in [0.717, 1.165) is 0 Å². The third-order valence-corrected chi connectivity index (χ3v) is 2.79. The van der Waals surface area contributed by atoms with Gasteiger partial charge in [0.05, 0.1) is 0 Å². The van der Waals surface area contributed by atoms with E-state index in [9.17, 15) is 39.5 Å². The molecule has 1 saturated heterocycles. The summed E-state index contributed by atoms with van der Waals surface area (Å²) in [6.07, 6.45) is -21.1. The largest absolute Gasteiger partial charge is 0.453 e. The van der Waals surface area contributed by atoms with Gasteiger partial charge in [-0.25, -0.2) is 0 Å². The minimum absolute atomic E-state index is 0.657. The summed E-state index contributed by atoms with van der Waals surface area (Å²) in [5, 5.41) is 0. The molecule has 1 fully saturated rings. The number of ether oxygens (including phenoxy) is 2. The zero-order valence-corrected chi connectivity index (χ0v) is 9.91. The highest BCUT2D eigenvalue weighted by molar-refractivity contribution is 14.1. The van der Waals surface area contributed by atoms with Gasteiger partial charge in [0, 0.05) is 0 Å². The molecule has 1 heterocycles. The van der Waals surface area contributed by atoms with E-state index in [1.165, 1.54) is 0 Å². The summed E-state index contributed by atoms with van der Waals surface area (Å²) in [7, 11) is 0. The first-order valence-electron chi connectivity index (χ1n) is 3.92. The highest BCUT2D eigenvalue weighted by Gasteiger charge is 2.80. The molecule has 0 bridgehead atoms. The van der Waals surface area contributed by atoms with Gasteiger partial charge < -0.3 is 9.47 Å². The fourth-order valence-electron chi connectivity index (χ4n) is 1.12. The van der Waals surface area contributed by atoms with Crippen molar-refractivity contribution in [3.63, 3.8) is 0 Å². The lowest BCUT2D eigenvalue weighted by atomic mass is 10.2. The Morgan fingerprint density at radius 1 is 0.778 bits per heavy atom. The van der Waals surface area contributed by atoms with Gasteiger partial charge in [-0.1, -0.05) is 0 Å². The second-order valence-electron chi connectivity index (χ2n) is 3.16. The molecule has 0 aromatic rings. The van der Waals surface area contributed by atoms with Crippen molar-refractivity contribution < 1.29 is 49.0 Å². The monoisotopic (exact) mass is 404 g/mol. The van der Waals surface area contributed by atoms with E-state index in [2.05, 4.69) is 9.47 Å². The molecule has 0 aromatic heterocycles. The van der Waals surface area contributed by atoms with E-state index in [0.29, 0.717) is 22.6 Å². The number of halogens is 10. The third-order valence-electron chi connectivity index (χ3n) is 1.88. The lowest BCUT2D eigenvalue weighted by Crippen LogP contribution is -2.58. The zero-order valence-electron chi connectivity index (χ0n) is 7.75. The Kier molecular flexibility index (Phi) is 3.80. The van der Waals surface area contributed by atoms with Gasteiger partial charge in [-0.15, -0.1) is 0 Å². The smallest absolute Gasteiger partial charge is 0.319 e. The molecular formula is C6H2F9IO2. The van der Waals surface area contributed by atoms with Crippen molar-refractivity contribution in [2.24, 2.45) is 0 Å².